The highest BCUT2D eigenvalue weighted by atomic mass is 16.6. The summed E-state index contributed by atoms with van der Waals surface area (Å²) in [6.45, 7) is 1.76. The van der Waals surface area contributed by atoms with Crippen molar-refractivity contribution in [1.82, 2.24) is 9.88 Å². The number of fused-ring (bicyclic) bond motifs is 1. The number of likely N-dealkylation sites (tertiary alicyclic amines) is 1. The van der Waals surface area contributed by atoms with Crippen LogP contribution in [0.5, 0.6) is 11.5 Å². The Morgan fingerprint density at radius 1 is 1.08 bits per heavy atom. The number of carbonyl (C=O) groups excluding carboxylic acids is 1. The first kappa shape index (κ1) is 16.7. The Balaban J connectivity index is 1.57. The number of nitrogens with zero attached hydrogens (tertiary/aromatic N) is 2. The SMILES string of the molecule is O=C(Nc1cccc2c1OCCO2)N1CCCCC[C@@H]1c1ccncc1. The minimum Gasteiger partial charge on any atom is -0.486 e. The summed E-state index contributed by atoms with van der Waals surface area (Å²) >= 11 is 0. The summed E-state index contributed by atoms with van der Waals surface area (Å²) in [4.78, 5) is 19.1. The lowest BCUT2D eigenvalue weighted by atomic mass is 10.0. The van der Waals surface area contributed by atoms with Gasteiger partial charge in [0, 0.05) is 18.9 Å². The van der Waals surface area contributed by atoms with Gasteiger partial charge in [0.1, 0.15) is 13.2 Å². The lowest BCUT2D eigenvalue weighted by Crippen LogP contribution is -2.38. The number of urea groups is 1. The molecule has 0 bridgehead atoms. The van der Waals surface area contributed by atoms with Gasteiger partial charge in [0.05, 0.1) is 11.7 Å². The molecule has 2 aromatic rings. The zero-order chi connectivity index (χ0) is 17.8. The molecule has 2 aliphatic rings. The fourth-order valence-corrected chi connectivity index (χ4v) is 3.64. The van der Waals surface area contributed by atoms with Crippen molar-refractivity contribution in [2.45, 2.75) is 31.7 Å². The number of nitrogens with one attached hydrogen (secondary N) is 1. The third-order valence-electron chi connectivity index (χ3n) is 4.91. The molecule has 0 radical (unpaired) electrons. The first-order chi connectivity index (χ1) is 12.8. The standard InChI is InChI=1S/C20H23N3O3/c24-20(22-16-5-4-7-18-19(16)26-14-13-25-18)23-12-3-1-2-6-17(23)15-8-10-21-11-9-15/h4-5,7-11,17H,1-3,6,12-14H2,(H,22,24)/t17-/m1/s1. The number of amides is 2. The number of benzene rings is 1. The fourth-order valence-electron chi connectivity index (χ4n) is 3.64. The summed E-state index contributed by atoms with van der Waals surface area (Å²) in [6.07, 6.45) is 7.81. The molecule has 2 amide bonds. The number of aromatic nitrogens is 1. The van der Waals surface area contributed by atoms with Crippen molar-refractivity contribution in [3.05, 3.63) is 48.3 Å². The Bertz CT molecular complexity index is 766. The van der Waals surface area contributed by atoms with E-state index in [9.17, 15) is 4.79 Å². The number of anilines is 1. The molecule has 1 atom stereocenters. The van der Waals surface area contributed by atoms with Gasteiger partial charge in [-0.15, -0.1) is 0 Å². The minimum absolute atomic E-state index is 0.0669. The van der Waals surface area contributed by atoms with Crippen molar-refractivity contribution in [3.63, 3.8) is 0 Å². The van der Waals surface area contributed by atoms with Gasteiger partial charge in [-0.2, -0.15) is 0 Å². The highest BCUT2D eigenvalue weighted by Gasteiger charge is 2.28. The van der Waals surface area contributed by atoms with Gasteiger partial charge in [0.25, 0.3) is 0 Å². The van der Waals surface area contributed by atoms with Crippen LogP contribution in [0.1, 0.15) is 37.3 Å². The summed E-state index contributed by atoms with van der Waals surface area (Å²) in [6, 6.07) is 9.54. The third kappa shape index (κ3) is 3.45. The normalized spacial score (nSPS) is 19.5. The zero-order valence-corrected chi connectivity index (χ0v) is 14.7. The first-order valence-electron chi connectivity index (χ1n) is 9.19. The van der Waals surface area contributed by atoms with Crippen LogP contribution in [0.25, 0.3) is 0 Å². The zero-order valence-electron chi connectivity index (χ0n) is 14.7. The van der Waals surface area contributed by atoms with Crippen LogP contribution in [0.3, 0.4) is 0 Å². The lowest BCUT2D eigenvalue weighted by molar-refractivity contribution is 0.171. The average molecular weight is 353 g/mol. The maximum Gasteiger partial charge on any atom is 0.322 e. The van der Waals surface area contributed by atoms with Crippen LogP contribution in [0.4, 0.5) is 10.5 Å². The third-order valence-corrected chi connectivity index (χ3v) is 4.91. The number of hydrogen-bond acceptors (Lipinski definition) is 4. The Morgan fingerprint density at radius 2 is 1.92 bits per heavy atom. The van der Waals surface area contributed by atoms with Gasteiger partial charge in [0.2, 0.25) is 0 Å². The summed E-state index contributed by atoms with van der Waals surface area (Å²) < 4.78 is 11.3. The van der Waals surface area contributed by atoms with Crippen LogP contribution in [0.2, 0.25) is 0 Å². The molecular formula is C20H23N3O3. The van der Waals surface area contributed by atoms with Crippen molar-refractivity contribution in [3.8, 4) is 11.5 Å². The second-order valence-corrected chi connectivity index (χ2v) is 6.60. The largest absolute Gasteiger partial charge is 0.486 e. The topological polar surface area (TPSA) is 63.7 Å². The van der Waals surface area contributed by atoms with Crippen molar-refractivity contribution in [2.24, 2.45) is 0 Å². The molecule has 0 aliphatic carbocycles. The number of ether oxygens (including phenoxy) is 2. The molecule has 3 heterocycles. The number of rotatable bonds is 2. The molecule has 1 N–H and O–H groups in total. The highest BCUT2D eigenvalue weighted by Crippen LogP contribution is 2.38. The maximum absolute atomic E-state index is 13.1. The van der Waals surface area contributed by atoms with Crippen LogP contribution < -0.4 is 14.8 Å². The molecule has 6 heteroatoms. The summed E-state index contributed by atoms with van der Waals surface area (Å²) in [5.41, 5.74) is 1.79. The van der Waals surface area contributed by atoms with Gasteiger partial charge < -0.3 is 19.7 Å². The smallest absolute Gasteiger partial charge is 0.322 e. The molecule has 136 valence electrons. The van der Waals surface area contributed by atoms with E-state index in [0.717, 1.165) is 37.8 Å². The van der Waals surface area contributed by atoms with Gasteiger partial charge in [-0.25, -0.2) is 4.79 Å². The van der Waals surface area contributed by atoms with Gasteiger partial charge in [-0.3, -0.25) is 4.98 Å². The molecule has 26 heavy (non-hydrogen) atoms. The highest BCUT2D eigenvalue weighted by molar-refractivity contribution is 5.92. The van der Waals surface area contributed by atoms with Crippen molar-refractivity contribution < 1.29 is 14.3 Å². The van der Waals surface area contributed by atoms with E-state index < -0.39 is 0 Å². The second-order valence-electron chi connectivity index (χ2n) is 6.60. The van der Waals surface area contributed by atoms with Crippen LogP contribution >= 0.6 is 0 Å². The fraction of sp³-hybridized carbons (Fsp3) is 0.400. The molecule has 1 fully saturated rings. The van der Waals surface area contributed by atoms with E-state index in [4.69, 9.17) is 9.47 Å². The summed E-state index contributed by atoms with van der Waals surface area (Å²) in [5.74, 6) is 1.29. The lowest BCUT2D eigenvalue weighted by Gasteiger charge is -2.31. The summed E-state index contributed by atoms with van der Waals surface area (Å²) in [7, 11) is 0. The molecule has 2 aliphatic heterocycles. The Hall–Kier alpha value is -2.76. The Kier molecular flexibility index (Phi) is 4.91. The number of hydrogen-bond donors (Lipinski definition) is 1. The predicted molar refractivity (Wildman–Crippen MR) is 98.6 cm³/mol. The van der Waals surface area contributed by atoms with E-state index in [2.05, 4.69) is 10.3 Å². The molecule has 1 aromatic heterocycles. The first-order valence-corrected chi connectivity index (χ1v) is 9.19. The molecule has 0 saturated carbocycles. The van der Waals surface area contributed by atoms with Crippen molar-refractivity contribution in [1.29, 1.82) is 0 Å². The quantitative estimate of drug-likeness (QED) is 0.886. The molecule has 1 aromatic carbocycles. The Morgan fingerprint density at radius 3 is 2.81 bits per heavy atom. The van der Waals surface area contributed by atoms with E-state index in [-0.39, 0.29) is 12.1 Å². The van der Waals surface area contributed by atoms with E-state index in [1.165, 1.54) is 0 Å². The molecular weight excluding hydrogens is 330 g/mol. The maximum atomic E-state index is 13.1. The Labute approximate surface area is 153 Å². The van der Waals surface area contributed by atoms with Gasteiger partial charge >= 0.3 is 6.03 Å². The summed E-state index contributed by atoms with van der Waals surface area (Å²) in [5, 5.41) is 3.03. The molecule has 1 saturated heterocycles. The predicted octanol–water partition coefficient (Wildman–Crippen LogP) is 4.00. The van der Waals surface area contributed by atoms with Gasteiger partial charge in [-0.05, 0) is 42.7 Å². The molecule has 0 spiro atoms. The second kappa shape index (κ2) is 7.64. The van der Waals surface area contributed by atoms with Gasteiger partial charge in [0.15, 0.2) is 11.5 Å². The van der Waals surface area contributed by atoms with E-state index in [1.54, 1.807) is 12.4 Å². The molecule has 0 unspecified atom stereocenters. The minimum atomic E-state index is -0.101. The van der Waals surface area contributed by atoms with Crippen LogP contribution in [0.15, 0.2) is 42.7 Å². The van der Waals surface area contributed by atoms with Crippen LogP contribution in [0, 0.1) is 0 Å². The van der Waals surface area contributed by atoms with Crippen molar-refractivity contribution in [2.75, 3.05) is 25.1 Å². The van der Waals surface area contributed by atoms with Crippen molar-refractivity contribution >= 4 is 11.7 Å². The van der Waals surface area contributed by atoms with Crippen LogP contribution in [-0.2, 0) is 0 Å². The average Bonchev–Trinajstić information content (AvgIpc) is 2.95. The van der Waals surface area contributed by atoms with Crippen LogP contribution in [-0.4, -0.2) is 35.7 Å². The number of para-hydroxylation sites is 1. The molecule has 6 nitrogen and oxygen atoms in total. The monoisotopic (exact) mass is 353 g/mol. The number of carbonyl (C=O) groups is 1. The van der Waals surface area contributed by atoms with E-state index in [1.807, 2.05) is 35.2 Å². The van der Waals surface area contributed by atoms with E-state index >= 15 is 0 Å². The van der Waals surface area contributed by atoms with E-state index in [0.29, 0.717) is 30.4 Å². The molecule has 4 rings (SSSR count). The van der Waals surface area contributed by atoms with Gasteiger partial charge in [-0.1, -0.05) is 18.9 Å². The number of pyridine rings is 1.